The maximum atomic E-state index is 10.8. The Kier molecular flexibility index (Phi) is 5.14. The molecule has 1 saturated heterocycles. The Hall–Kier alpha value is -2.66. The van der Waals surface area contributed by atoms with Gasteiger partial charge in [-0.1, -0.05) is 48.5 Å². The molecule has 4 N–H and O–H groups in total. The molecule has 0 saturated carbocycles. The molecule has 3 rings (SSSR count). The van der Waals surface area contributed by atoms with Gasteiger partial charge in [0.2, 0.25) is 0 Å². The molecular formula is C20H23N3O2. The van der Waals surface area contributed by atoms with Crippen LogP contribution in [0.3, 0.4) is 0 Å². The number of likely N-dealkylation sites (tertiary alicyclic amines) is 1. The highest BCUT2D eigenvalue weighted by Gasteiger charge is 2.24. The quantitative estimate of drug-likeness (QED) is 0.558. The van der Waals surface area contributed by atoms with Crippen molar-refractivity contribution in [2.24, 2.45) is 11.7 Å². The summed E-state index contributed by atoms with van der Waals surface area (Å²) in [5.41, 5.74) is 9.67. The van der Waals surface area contributed by atoms with E-state index >= 15 is 0 Å². The molecule has 5 heteroatoms. The minimum atomic E-state index is -0.702. The first kappa shape index (κ1) is 17.2. The number of carboxylic acids is 1. The molecule has 1 aliphatic rings. The first-order valence-electron chi connectivity index (χ1n) is 8.49. The van der Waals surface area contributed by atoms with Gasteiger partial charge in [0.25, 0.3) is 0 Å². The highest BCUT2D eigenvalue weighted by atomic mass is 16.4. The predicted octanol–water partition coefficient (Wildman–Crippen LogP) is 2.93. The van der Waals surface area contributed by atoms with Crippen LogP contribution in [-0.4, -0.2) is 34.9 Å². The van der Waals surface area contributed by atoms with Gasteiger partial charge in [0.15, 0.2) is 0 Å². The Bertz CT molecular complexity index is 754. The molecule has 1 unspecified atom stereocenters. The van der Waals surface area contributed by atoms with E-state index in [1.54, 1.807) is 0 Å². The average Bonchev–Trinajstić information content (AvgIpc) is 3.02. The summed E-state index contributed by atoms with van der Waals surface area (Å²) < 4.78 is 0. The van der Waals surface area contributed by atoms with Crippen LogP contribution in [-0.2, 0) is 11.3 Å². The Morgan fingerprint density at radius 3 is 2.28 bits per heavy atom. The van der Waals surface area contributed by atoms with E-state index < -0.39 is 5.97 Å². The summed E-state index contributed by atoms with van der Waals surface area (Å²) in [7, 11) is 0. The smallest absolute Gasteiger partial charge is 0.303 e. The fourth-order valence-corrected chi connectivity index (χ4v) is 3.37. The number of nitrogens with zero attached hydrogens (tertiary/aromatic N) is 1. The molecule has 0 amide bonds. The molecule has 130 valence electrons. The van der Waals surface area contributed by atoms with Gasteiger partial charge in [-0.05, 0) is 35.6 Å². The number of nitrogens with one attached hydrogen (secondary N) is 1. The van der Waals surface area contributed by atoms with Crippen molar-refractivity contribution in [3.63, 3.8) is 0 Å². The van der Waals surface area contributed by atoms with Crippen molar-refractivity contribution < 1.29 is 9.90 Å². The van der Waals surface area contributed by atoms with Crippen LogP contribution < -0.4 is 5.73 Å². The molecule has 1 heterocycles. The molecule has 0 aromatic heterocycles. The fraction of sp³-hybridized carbons (Fsp3) is 0.300. The summed E-state index contributed by atoms with van der Waals surface area (Å²) in [5.74, 6) is -0.350. The molecule has 1 atom stereocenters. The van der Waals surface area contributed by atoms with E-state index in [-0.39, 0.29) is 18.2 Å². The van der Waals surface area contributed by atoms with E-state index in [0.717, 1.165) is 42.7 Å². The standard InChI is InChI=1S/C20H23N3O2/c21-20(22)18-7-5-17(6-8-18)16-3-1-14(2-4-16)12-23-10-9-15(13-23)11-19(24)25/h1-8,15H,9-13H2,(H3,21,22)(H,24,25). The topological polar surface area (TPSA) is 90.4 Å². The molecule has 0 radical (unpaired) electrons. The van der Waals surface area contributed by atoms with E-state index in [4.69, 9.17) is 16.2 Å². The van der Waals surface area contributed by atoms with Crippen molar-refractivity contribution in [3.8, 4) is 11.1 Å². The maximum absolute atomic E-state index is 10.8. The van der Waals surface area contributed by atoms with E-state index in [1.807, 2.05) is 24.3 Å². The normalized spacial score (nSPS) is 17.5. The summed E-state index contributed by atoms with van der Waals surface area (Å²) in [4.78, 5) is 13.1. The number of benzene rings is 2. The molecule has 25 heavy (non-hydrogen) atoms. The lowest BCUT2D eigenvalue weighted by atomic mass is 10.0. The largest absolute Gasteiger partial charge is 0.481 e. The van der Waals surface area contributed by atoms with Gasteiger partial charge >= 0.3 is 5.97 Å². The monoisotopic (exact) mass is 337 g/mol. The molecule has 0 bridgehead atoms. The Morgan fingerprint density at radius 1 is 1.12 bits per heavy atom. The maximum Gasteiger partial charge on any atom is 0.303 e. The van der Waals surface area contributed by atoms with Crippen LogP contribution in [0.25, 0.3) is 11.1 Å². The van der Waals surface area contributed by atoms with Crippen LogP contribution in [0.2, 0.25) is 0 Å². The van der Waals surface area contributed by atoms with Crippen LogP contribution >= 0.6 is 0 Å². The van der Waals surface area contributed by atoms with Crippen LogP contribution in [0.15, 0.2) is 48.5 Å². The Morgan fingerprint density at radius 2 is 1.72 bits per heavy atom. The second-order valence-electron chi connectivity index (χ2n) is 6.68. The third-order valence-electron chi connectivity index (χ3n) is 4.72. The van der Waals surface area contributed by atoms with Crippen LogP contribution in [0, 0.1) is 11.3 Å². The number of aliphatic carboxylic acids is 1. The summed E-state index contributed by atoms with van der Waals surface area (Å²) in [5, 5.41) is 16.3. The number of carboxylic acid groups (broad SMARTS) is 1. The predicted molar refractivity (Wildman–Crippen MR) is 98.5 cm³/mol. The first-order valence-corrected chi connectivity index (χ1v) is 8.49. The van der Waals surface area contributed by atoms with Crippen molar-refractivity contribution in [1.82, 2.24) is 4.90 Å². The second-order valence-corrected chi connectivity index (χ2v) is 6.68. The van der Waals surface area contributed by atoms with Gasteiger partial charge in [-0.3, -0.25) is 15.1 Å². The van der Waals surface area contributed by atoms with Crippen LogP contribution in [0.4, 0.5) is 0 Å². The average molecular weight is 337 g/mol. The molecule has 0 aliphatic carbocycles. The first-order chi connectivity index (χ1) is 12.0. The zero-order chi connectivity index (χ0) is 17.8. The molecule has 2 aromatic carbocycles. The van der Waals surface area contributed by atoms with Crippen molar-refractivity contribution in [2.45, 2.75) is 19.4 Å². The van der Waals surface area contributed by atoms with Gasteiger partial charge in [0, 0.05) is 25.1 Å². The highest BCUT2D eigenvalue weighted by molar-refractivity contribution is 5.95. The molecular weight excluding hydrogens is 314 g/mol. The van der Waals surface area contributed by atoms with Crippen molar-refractivity contribution in [3.05, 3.63) is 59.7 Å². The van der Waals surface area contributed by atoms with Crippen molar-refractivity contribution in [2.75, 3.05) is 13.1 Å². The second kappa shape index (κ2) is 7.49. The molecule has 1 fully saturated rings. The lowest BCUT2D eigenvalue weighted by Crippen LogP contribution is -2.20. The van der Waals surface area contributed by atoms with Crippen LogP contribution in [0.5, 0.6) is 0 Å². The molecule has 2 aromatic rings. The Labute approximate surface area is 147 Å². The van der Waals surface area contributed by atoms with Gasteiger partial charge in [-0.25, -0.2) is 0 Å². The van der Waals surface area contributed by atoms with Gasteiger partial charge < -0.3 is 10.8 Å². The van der Waals surface area contributed by atoms with Gasteiger partial charge in [0.05, 0.1) is 0 Å². The zero-order valence-electron chi connectivity index (χ0n) is 14.1. The van der Waals surface area contributed by atoms with Crippen molar-refractivity contribution in [1.29, 1.82) is 5.41 Å². The lowest BCUT2D eigenvalue weighted by Gasteiger charge is -2.16. The van der Waals surface area contributed by atoms with Gasteiger partial charge in [-0.15, -0.1) is 0 Å². The number of hydrogen-bond acceptors (Lipinski definition) is 3. The van der Waals surface area contributed by atoms with Crippen molar-refractivity contribution >= 4 is 11.8 Å². The number of carbonyl (C=O) groups is 1. The summed E-state index contributed by atoms with van der Waals surface area (Å²) in [6.07, 6.45) is 1.23. The number of nitrogens with two attached hydrogens (primary N) is 1. The molecule has 5 nitrogen and oxygen atoms in total. The third-order valence-corrected chi connectivity index (χ3v) is 4.72. The summed E-state index contributed by atoms with van der Waals surface area (Å²) >= 11 is 0. The SMILES string of the molecule is N=C(N)c1ccc(-c2ccc(CN3CCC(CC(=O)O)C3)cc2)cc1. The minimum Gasteiger partial charge on any atom is -0.481 e. The number of rotatable bonds is 6. The number of hydrogen-bond donors (Lipinski definition) is 3. The Balaban J connectivity index is 1.61. The third kappa shape index (κ3) is 4.45. The van der Waals surface area contributed by atoms with E-state index in [0.29, 0.717) is 0 Å². The molecule has 0 spiro atoms. The van der Waals surface area contributed by atoms with Crippen LogP contribution in [0.1, 0.15) is 24.0 Å². The van der Waals surface area contributed by atoms with Gasteiger partial charge in [-0.2, -0.15) is 0 Å². The fourth-order valence-electron chi connectivity index (χ4n) is 3.37. The van der Waals surface area contributed by atoms with E-state index in [9.17, 15) is 4.79 Å². The highest BCUT2D eigenvalue weighted by Crippen LogP contribution is 2.24. The number of nitrogen functional groups attached to an aromatic ring is 1. The van der Waals surface area contributed by atoms with Gasteiger partial charge in [0.1, 0.15) is 5.84 Å². The lowest BCUT2D eigenvalue weighted by molar-refractivity contribution is -0.138. The summed E-state index contributed by atoms with van der Waals surface area (Å²) in [6.45, 7) is 2.69. The van der Waals surface area contributed by atoms with E-state index in [1.165, 1.54) is 5.56 Å². The molecule has 1 aliphatic heterocycles. The zero-order valence-corrected chi connectivity index (χ0v) is 14.1. The van der Waals surface area contributed by atoms with E-state index in [2.05, 4.69) is 29.2 Å². The number of amidine groups is 1. The minimum absolute atomic E-state index is 0.0775. The summed E-state index contributed by atoms with van der Waals surface area (Å²) in [6, 6.07) is 16.1.